The first-order chi connectivity index (χ1) is 10.1. The van der Waals surface area contributed by atoms with Gasteiger partial charge in [-0.25, -0.2) is 9.97 Å². The van der Waals surface area contributed by atoms with Gasteiger partial charge in [0.1, 0.15) is 11.6 Å². The molecular formula is C15H27N5O. The van der Waals surface area contributed by atoms with E-state index in [2.05, 4.69) is 36.1 Å². The highest BCUT2D eigenvalue weighted by Gasteiger charge is 2.26. The highest BCUT2D eigenvalue weighted by Crippen LogP contribution is 2.22. The molecule has 2 rings (SSSR count). The average Bonchev–Trinajstić information content (AvgIpc) is 2.48. The standard InChI is InChI=1S/C15H27N5O/c1-5-6-16-14-9-12(11-21-4)17-15(18-14)13-10-19(2)7-8-20(13)3/h9,13H,5-8,10-11H2,1-4H3,(H,16,17,18). The van der Waals surface area contributed by atoms with Crippen LogP contribution in [0.1, 0.15) is 30.9 Å². The predicted octanol–water partition coefficient (Wildman–Crippen LogP) is 1.36. The third-order valence-electron chi connectivity index (χ3n) is 3.79. The lowest BCUT2D eigenvalue weighted by molar-refractivity contribution is 0.109. The van der Waals surface area contributed by atoms with Crippen LogP contribution in [0.5, 0.6) is 0 Å². The highest BCUT2D eigenvalue weighted by atomic mass is 16.5. The molecule has 1 saturated heterocycles. The molecule has 0 bridgehead atoms. The van der Waals surface area contributed by atoms with Gasteiger partial charge in [0.25, 0.3) is 0 Å². The van der Waals surface area contributed by atoms with Gasteiger partial charge in [-0.15, -0.1) is 0 Å². The van der Waals surface area contributed by atoms with E-state index in [1.807, 2.05) is 6.07 Å². The second-order valence-electron chi connectivity index (χ2n) is 5.72. The van der Waals surface area contributed by atoms with Crippen molar-refractivity contribution in [2.75, 3.05) is 52.7 Å². The van der Waals surface area contributed by atoms with Gasteiger partial charge in [-0.05, 0) is 20.5 Å². The van der Waals surface area contributed by atoms with Gasteiger partial charge in [-0.2, -0.15) is 0 Å². The smallest absolute Gasteiger partial charge is 0.149 e. The minimum absolute atomic E-state index is 0.239. The van der Waals surface area contributed by atoms with Crippen LogP contribution < -0.4 is 5.32 Å². The van der Waals surface area contributed by atoms with Crippen molar-refractivity contribution < 1.29 is 4.74 Å². The number of hydrogen-bond acceptors (Lipinski definition) is 6. The Morgan fingerprint density at radius 1 is 1.33 bits per heavy atom. The lowest BCUT2D eigenvalue weighted by Crippen LogP contribution is -2.45. The lowest BCUT2D eigenvalue weighted by atomic mass is 10.1. The summed E-state index contributed by atoms with van der Waals surface area (Å²) in [5, 5.41) is 3.36. The minimum Gasteiger partial charge on any atom is -0.378 e. The molecule has 0 aromatic carbocycles. The van der Waals surface area contributed by atoms with Gasteiger partial charge in [0.15, 0.2) is 0 Å². The van der Waals surface area contributed by atoms with E-state index < -0.39 is 0 Å². The van der Waals surface area contributed by atoms with Crippen LogP contribution in [0, 0.1) is 0 Å². The summed E-state index contributed by atoms with van der Waals surface area (Å²) in [4.78, 5) is 14.1. The van der Waals surface area contributed by atoms with E-state index in [1.165, 1.54) is 0 Å². The Labute approximate surface area is 127 Å². The normalized spacial score (nSPS) is 20.7. The molecule has 1 aromatic heterocycles. The van der Waals surface area contributed by atoms with Crippen molar-refractivity contribution >= 4 is 5.82 Å². The van der Waals surface area contributed by atoms with E-state index in [9.17, 15) is 0 Å². The van der Waals surface area contributed by atoms with Crippen molar-refractivity contribution in [2.45, 2.75) is 26.0 Å². The van der Waals surface area contributed by atoms with Crippen molar-refractivity contribution in [1.82, 2.24) is 19.8 Å². The number of ether oxygens (including phenoxy) is 1. The third-order valence-corrected chi connectivity index (χ3v) is 3.79. The number of rotatable bonds is 6. The lowest BCUT2D eigenvalue weighted by Gasteiger charge is -2.36. The molecule has 1 aliphatic heterocycles. The monoisotopic (exact) mass is 293 g/mol. The SMILES string of the molecule is CCCNc1cc(COC)nc(C2CN(C)CCN2C)n1. The summed E-state index contributed by atoms with van der Waals surface area (Å²) in [7, 11) is 5.99. The van der Waals surface area contributed by atoms with E-state index in [0.29, 0.717) is 6.61 Å². The summed E-state index contributed by atoms with van der Waals surface area (Å²) in [6.07, 6.45) is 1.07. The summed E-state index contributed by atoms with van der Waals surface area (Å²) in [6, 6.07) is 2.22. The van der Waals surface area contributed by atoms with Crippen LogP contribution in [0.2, 0.25) is 0 Å². The Bertz CT molecular complexity index is 454. The Morgan fingerprint density at radius 3 is 2.86 bits per heavy atom. The minimum atomic E-state index is 0.239. The molecule has 0 amide bonds. The number of piperazine rings is 1. The zero-order valence-corrected chi connectivity index (χ0v) is 13.6. The van der Waals surface area contributed by atoms with Crippen molar-refractivity contribution in [1.29, 1.82) is 0 Å². The molecule has 0 spiro atoms. The summed E-state index contributed by atoms with van der Waals surface area (Å²) < 4.78 is 5.24. The molecule has 1 fully saturated rings. The largest absolute Gasteiger partial charge is 0.378 e. The number of nitrogens with one attached hydrogen (secondary N) is 1. The van der Waals surface area contributed by atoms with Crippen LogP contribution in [0.4, 0.5) is 5.82 Å². The number of methoxy groups -OCH3 is 1. The molecule has 1 atom stereocenters. The maximum atomic E-state index is 5.24. The molecule has 0 saturated carbocycles. The van der Waals surface area contributed by atoms with Crippen LogP contribution in [-0.4, -0.2) is 67.2 Å². The fraction of sp³-hybridized carbons (Fsp3) is 0.733. The summed E-state index contributed by atoms with van der Waals surface area (Å²) in [6.45, 7) is 6.67. The zero-order valence-electron chi connectivity index (χ0n) is 13.6. The number of aromatic nitrogens is 2. The quantitative estimate of drug-likeness (QED) is 0.855. The zero-order chi connectivity index (χ0) is 15.2. The van der Waals surface area contributed by atoms with E-state index >= 15 is 0 Å². The van der Waals surface area contributed by atoms with Gasteiger partial charge in [0.2, 0.25) is 0 Å². The van der Waals surface area contributed by atoms with Gasteiger partial charge < -0.3 is 15.0 Å². The fourth-order valence-electron chi connectivity index (χ4n) is 2.52. The molecule has 6 heteroatoms. The van der Waals surface area contributed by atoms with E-state index in [-0.39, 0.29) is 6.04 Å². The van der Waals surface area contributed by atoms with Gasteiger partial charge in [-0.3, -0.25) is 4.90 Å². The molecule has 1 aliphatic rings. The van der Waals surface area contributed by atoms with Gasteiger partial charge in [-0.1, -0.05) is 6.92 Å². The Morgan fingerprint density at radius 2 is 2.14 bits per heavy atom. The van der Waals surface area contributed by atoms with Gasteiger partial charge >= 0.3 is 0 Å². The molecule has 1 unspecified atom stereocenters. The molecule has 2 heterocycles. The Balaban J connectivity index is 2.25. The van der Waals surface area contributed by atoms with E-state index in [4.69, 9.17) is 14.7 Å². The molecule has 21 heavy (non-hydrogen) atoms. The predicted molar refractivity (Wildman–Crippen MR) is 84.4 cm³/mol. The molecule has 0 aliphatic carbocycles. The third kappa shape index (κ3) is 4.36. The maximum absolute atomic E-state index is 5.24. The maximum Gasteiger partial charge on any atom is 0.149 e. The first-order valence-electron chi connectivity index (χ1n) is 7.63. The van der Waals surface area contributed by atoms with Crippen LogP contribution >= 0.6 is 0 Å². The average molecular weight is 293 g/mol. The van der Waals surface area contributed by atoms with Crippen molar-refractivity contribution in [3.8, 4) is 0 Å². The van der Waals surface area contributed by atoms with Gasteiger partial charge in [0.05, 0.1) is 18.3 Å². The molecule has 1 N–H and O–H groups in total. The Kier molecular flexibility index (Phi) is 5.90. The topological polar surface area (TPSA) is 53.5 Å². The van der Waals surface area contributed by atoms with Crippen LogP contribution in [0.15, 0.2) is 6.07 Å². The summed E-state index contributed by atoms with van der Waals surface area (Å²) >= 11 is 0. The van der Waals surface area contributed by atoms with Crippen LogP contribution in [-0.2, 0) is 11.3 Å². The second kappa shape index (κ2) is 7.68. The van der Waals surface area contributed by atoms with Gasteiger partial charge in [0, 0.05) is 39.4 Å². The molecule has 118 valence electrons. The van der Waals surface area contributed by atoms with E-state index in [1.54, 1.807) is 7.11 Å². The second-order valence-corrected chi connectivity index (χ2v) is 5.72. The number of nitrogens with zero attached hydrogens (tertiary/aromatic N) is 4. The summed E-state index contributed by atoms with van der Waals surface area (Å²) in [5.41, 5.74) is 0.933. The number of hydrogen-bond donors (Lipinski definition) is 1. The van der Waals surface area contributed by atoms with Crippen molar-refractivity contribution in [2.24, 2.45) is 0 Å². The van der Waals surface area contributed by atoms with Crippen molar-refractivity contribution in [3.05, 3.63) is 17.6 Å². The summed E-state index contributed by atoms with van der Waals surface area (Å²) in [5.74, 6) is 1.78. The first-order valence-corrected chi connectivity index (χ1v) is 7.63. The molecule has 0 radical (unpaired) electrons. The highest BCUT2D eigenvalue weighted by molar-refractivity contribution is 5.36. The van der Waals surface area contributed by atoms with E-state index in [0.717, 1.165) is 49.9 Å². The molecule has 6 nitrogen and oxygen atoms in total. The number of likely N-dealkylation sites (N-methyl/N-ethyl adjacent to an activating group) is 2. The first kappa shape index (κ1) is 16.1. The molecular weight excluding hydrogens is 266 g/mol. The van der Waals surface area contributed by atoms with Crippen LogP contribution in [0.3, 0.4) is 0 Å². The van der Waals surface area contributed by atoms with Crippen molar-refractivity contribution in [3.63, 3.8) is 0 Å². The number of anilines is 1. The van der Waals surface area contributed by atoms with Crippen LogP contribution in [0.25, 0.3) is 0 Å². The fourth-order valence-corrected chi connectivity index (χ4v) is 2.52. The molecule has 1 aromatic rings. The Hall–Kier alpha value is -1.24.